The highest BCUT2D eigenvalue weighted by Crippen LogP contribution is 2.13. The summed E-state index contributed by atoms with van der Waals surface area (Å²) < 4.78 is 71.7. The lowest BCUT2D eigenvalue weighted by Gasteiger charge is -2.11. The molecule has 0 aromatic heterocycles. The molecule has 0 aliphatic rings. The van der Waals surface area contributed by atoms with Gasteiger partial charge in [0.15, 0.2) is 10.5 Å². The van der Waals surface area contributed by atoms with Crippen LogP contribution in [-0.2, 0) is 48.9 Å². The Morgan fingerprint density at radius 3 is 0.900 bits per heavy atom. The molecule has 50 heavy (non-hydrogen) atoms. The maximum Gasteiger partial charge on any atom is 0.327 e. The van der Waals surface area contributed by atoms with Crippen LogP contribution in [0.25, 0.3) is 0 Å². The van der Waals surface area contributed by atoms with E-state index in [0.717, 1.165) is 38.5 Å². The average molecular weight is 765 g/mol. The van der Waals surface area contributed by atoms with E-state index in [0.29, 0.717) is 12.8 Å². The van der Waals surface area contributed by atoms with Gasteiger partial charge in [0, 0.05) is 0 Å². The standard InChI is InChI=1S/2C16H31NO6S.2H3N/c2*1-2-3-4-5-6-7-8-9-10-11-12-23-16(19)14(13-15(17)18)24(20,21)22;;/h2*14H,2-13H2,1H3,(H2,17,18)(H,20,21,22);2*1H3. The summed E-state index contributed by atoms with van der Waals surface area (Å²) >= 11 is 0. The molecule has 0 bridgehead atoms. The fraction of sp³-hybridized carbons (Fsp3) is 0.875. The van der Waals surface area contributed by atoms with Crippen molar-refractivity contribution in [1.82, 2.24) is 12.3 Å². The molecular weight excluding hydrogens is 697 g/mol. The predicted molar refractivity (Wildman–Crippen MR) is 194 cm³/mol. The van der Waals surface area contributed by atoms with Gasteiger partial charge < -0.3 is 33.2 Å². The monoisotopic (exact) mass is 764 g/mol. The Morgan fingerprint density at radius 1 is 0.480 bits per heavy atom. The average Bonchev–Trinajstić information content (AvgIpc) is 2.99. The van der Waals surface area contributed by atoms with Crippen LogP contribution in [-0.4, -0.2) is 73.4 Å². The highest BCUT2D eigenvalue weighted by atomic mass is 32.2. The number of esters is 2. The SMILES string of the molecule is CCCCCCCCCCCCOC(=O)C(CC(N)=O)S(=O)(=O)O.CCCCCCCCCCCCOC(=O)C(CC(N)=O)S(=O)(=O)O.N.N. The molecule has 0 fully saturated rings. The molecule has 2 amide bonds. The van der Waals surface area contributed by atoms with Crippen molar-refractivity contribution < 1.29 is 54.6 Å². The van der Waals surface area contributed by atoms with Gasteiger partial charge >= 0.3 is 11.9 Å². The number of amides is 2. The van der Waals surface area contributed by atoms with Gasteiger partial charge in [-0.05, 0) is 12.8 Å². The molecule has 0 rings (SSSR count). The zero-order valence-electron chi connectivity index (χ0n) is 30.5. The van der Waals surface area contributed by atoms with E-state index in [1.54, 1.807) is 0 Å². The van der Waals surface area contributed by atoms with Crippen LogP contribution in [0.4, 0.5) is 0 Å². The number of primary amides is 2. The summed E-state index contributed by atoms with van der Waals surface area (Å²) in [6.45, 7) is 4.53. The highest BCUT2D eigenvalue weighted by Gasteiger charge is 2.35. The van der Waals surface area contributed by atoms with E-state index in [4.69, 9.17) is 30.0 Å². The third kappa shape index (κ3) is 34.1. The van der Waals surface area contributed by atoms with Crippen LogP contribution < -0.4 is 23.8 Å². The maximum absolute atomic E-state index is 11.6. The largest absolute Gasteiger partial charge is 0.465 e. The molecule has 16 nitrogen and oxygen atoms in total. The van der Waals surface area contributed by atoms with Crippen molar-refractivity contribution in [2.45, 2.75) is 166 Å². The predicted octanol–water partition coefficient (Wildman–Crippen LogP) is 5.49. The van der Waals surface area contributed by atoms with Gasteiger partial charge in [0.1, 0.15) is 0 Å². The van der Waals surface area contributed by atoms with Crippen LogP contribution in [0.1, 0.15) is 155 Å². The quantitative estimate of drug-likeness (QED) is 0.0299. The molecule has 0 aromatic rings. The minimum absolute atomic E-state index is 0. The molecule has 0 saturated heterocycles. The molecule has 0 aliphatic carbocycles. The van der Waals surface area contributed by atoms with Gasteiger partial charge in [0.05, 0.1) is 26.1 Å². The first-order chi connectivity index (χ1) is 22.6. The van der Waals surface area contributed by atoms with Crippen LogP contribution in [0.3, 0.4) is 0 Å². The van der Waals surface area contributed by atoms with Crippen molar-refractivity contribution >= 4 is 44.0 Å². The number of hydrogen-bond acceptors (Lipinski definition) is 12. The van der Waals surface area contributed by atoms with Gasteiger partial charge in [-0.2, -0.15) is 16.8 Å². The Bertz CT molecular complexity index is 1020. The lowest BCUT2D eigenvalue weighted by Crippen LogP contribution is -2.35. The van der Waals surface area contributed by atoms with Gasteiger partial charge in [-0.3, -0.25) is 28.3 Å². The van der Waals surface area contributed by atoms with E-state index in [1.807, 2.05) is 0 Å². The first kappa shape index (κ1) is 54.4. The summed E-state index contributed by atoms with van der Waals surface area (Å²) in [6, 6.07) is 0. The highest BCUT2D eigenvalue weighted by molar-refractivity contribution is 7.87. The Kier molecular flexibility index (Phi) is 36.7. The van der Waals surface area contributed by atoms with Crippen LogP contribution in [0.2, 0.25) is 0 Å². The van der Waals surface area contributed by atoms with Gasteiger partial charge in [0.2, 0.25) is 11.8 Å². The maximum atomic E-state index is 11.6. The Balaban J connectivity index is -0.000000407. The zero-order chi connectivity index (χ0) is 36.8. The third-order valence-electron chi connectivity index (χ3n) is 7.50. The summed E-state index contributed by atoms with van der Waals surface area (Å²) in [6.07, 6.45) is 20.9. The number of rotatable bonds is 30. The van der Waals surface area contributed by atoms with E-state index in [1.165, 1.54) is 77.0 Å². The summed E-state index contributed by atoms with van der Waals surface area (Å²) in [5.74, 6) is -4.25. The molecule has 2 unspecified atom stereocenters. The van der Waals surface area contributed by atoms with Crippen LogP contribution in [0, 0.1) is 0 Å². The van der Waals surface area contributed by atoms with Crippen molar-refractivity contribution in [1.29, 1.82) is 0 Å². The van der Waals surface area contributed by atoms with Crippen molar-refractivity contribution in [2.75, 3.05) is 13.2 Å². The number of hydrogen-bond donors (Lipinski definition) is 6. The number of ether oxygens (including phenoxy) is 2. The molecule has 0 radical (unpaired) electrons. The molecular formula is C32H68N4O12S2. The second kappa shape index (κ2) is 33.7. The van der Waals surface area contributed by atoms with Crippen molar-refractivity contribution in [3.8, 4) is 0 Å². The lowest BCUT2D eigenvalue weighted by atomic mass is 10.1. The topological polar surface area (TPSA) is 318 Å². The lowest BCUT2D eigenvalue weighted by molar-refractivity contribution is -0.145. The summed E-state index contributed by atoms with van der Waals surface area (Å²) in [5, 5.41) is -3.86. The Labute approximate surface area is 300 Å². The normalized spacial score (nSPS) is 12.2. The number of unbranched alkanes of at least 4 members (excludes halogenated alkanes) is 18. The van der Waals surface area contributed by atoms with E-state index in [9.17, 15) is 36.0 Å². The van der Waals surface area contributed by atoms with Crippen molar-refractivity contribution in [3.63, 3.8) is 0 Å². The third-order valence-corrected chi connectivity index (χ3v) is 9.66. The minimum atomic E-state index is -4.70. The molecule has 2 atom stereocenters. The summed E-state index contributed by atoms with van der Waals surface area (Å²) in [4.78, 5) is 44.8. The molecule has 0 aliphatic heterocycles. The molecule has 18 heteroatoms. The van der Waals surface area contributed by atoms with E-state index >= 15 is 0 Å². The fourth-order valence-corrected chi connectivity index (χ4v) is 6.07. The van der Waals surface area contributed by atoms with E-state index in [2.05, 4.69) is 13.8 Å². The van der Waals surface area contributed by atoms with Gasteiger partial charge in [0.25, 0.3) is 20.2 Å². The van der Waals surface area contributed by atoms with Crippen molar-refractivity contribution in [2.24, 2.45) is 11.5 Å². The first-order valence-electron chi connectivity index (χ1n) is 17.4. The summed E-state index contributed by atoms with van der Waals surface area (Å²) in [7, 11) is -9.40. The fourth-order valence-electron chi connectivity index (χ4n) is 4.70. The van der Waals surface area contributed by atoms with Crippen LogP contribution >= 0.6 is 0 Å². The van der Waals surface area contributed by atoms with Gasteiger partial charge in [-0.25, -0.2) is 0 Å². The zero-order valence-corrected chi connectivity index (χ0v) is 32.1. The molecule has 300 valence electrons. The number of carbonyl (C=O) groups is 4. The molecule has 0 aromatic carbocycles. The van der Waals surface area contributed by atoms with E-state index in [-0.39, 0.29) is 25.5 Å². The minimum Gasteiger partial charge on any atom is -0.465 e. The van der Waals surface area contributed by atoms with Crippen molar-refractivity contribution in [3.05, 3.63) is 0 Å². The number of carbonyl (C=O) groups excluding carboxylic acids is 4. The number of nitrogens with two attached hydrogens (primary N) is 2. The smallest absolute Gasteiger partial charge is 0.327 e. The van der Waals surface area contributed by atoms with Gasteiger partial charge in [-0.1, -0.05) is 129 Å². The molecule has 0 saturated carbocycles. The molecule has 0 heterocycles. The van der Waals surface area contributed by atoms with Crippen LogP contribution in [0.15, 0.2) is 0 Å². The van der Waals surface area contributed by atoms with E-state index < -0.39 is 67.3 Å². The second-order valence-electron chi connectivity index (χ2n) is 12.0. The van der Waals surface area contributed by atoms with Crippen LogP contribution in [0.5, 0.6) is 0 Å². The second-order valence-corrected chi connectivity index (χ2v) is 15.2. The summed E-state index contributed by atoms with van der Waals surface area (Å²) in [5.41, 5.74) is 9.73. The van der Waals surface area contributed by atoms with Gasteiger partial charge in [-0.15, -0.1) is 0 Å². The Hall–Kier alpha value is -2.38. The molecule has 12 N–H and O–H groups in total. The first-order valence-corrected chi connectivity index (χ1v) is 20.4. The molecule has 0 spiro atoms. The Morgan fingerprint density at radius 2 is 0.700 bits per heavy atom.